The third-order valence-corrected chi connectivity index (χ3v) is 2.90. The van der Waals surface area contributed by atoms with Gasteiger partial charge in [-0.2, -0.15) is 0 Å². The van der Waals surface area contributed by atoms with Gasteiger partial charge >= 0.3 is 0 Å². The third kappa shape index (κ3) is 4.61. The van der Waals surface area contributed by atoms with Crippen LogP contribution in [0.15, 0.2) is 30.3 Å². The van der Waals surface area contributed by atoms with Gasteiger partial charge in [0, 0.05) is 12.5 Å². The van der Waals surface area contributed by atoms with E-state index in [0.29, 0.717) is 19.0 Å². The van der Waals surface area contributed by atoms with Crippen LogP contribution in [0.25, 0.3) is 0 Å². The van der Waals surface area contributed by atoms with E-state index >= 15 is 0 Å². The van der Waals surface area contributed by atoms with Gasteiger partial charge in [-0.1, -0.05) is 19.1 Å². The number of nitrogens with two attached hydrogens (primary N) is 1. The van der Waals surface area contributed by atoms with Crippen LogP contribution in [0.3, 0.4) is 0 Å². The molecule has 6 heteroatoms. The molecule has 0 radical (unpaired) electrons. The molecule has 2 rings (SSSR count). The van der Waals surface area contributed by atoms with Gasteiger partial charge in [0.15, 0.2) is 0 Å². The molecule has 1 aromatic carbocycles. The first-order valence-electron chi connectivity index (χ1n) is 6.99. The Morgan fingerprint density at radius 3 is 2.71 bits per heavy atom. The molecule has 0 unspecified atom stereocenters. The first kappa shape index (κ1) is 15.1. The van der Waals surface area contributed by atoms with Gasteiger partial charge in [-0.25, -0.2) is 15.8 Å². The molecule has 0 bridgehead atoms. The molecule has 0 fully saturated rings. The van der Waals surface area contributed by atoms with Crippen LogP contribution in [-0.2, 0) is 6.42 Å². The number of benzene rings is 1. The molecule has 1 aromatic heterocycles. The molecule has 1 heterocycles. The van der Waals surface area contributed by atoms with Gasteiger partial charge < -0.3 is 15.5 Å². The lowest BCUT2D eigenvalue weighted by Gasteiger charge is -2.10. The summed E-state index contributed by atoms with van der Waals surface area (Å²) in [5, 5.41) is 3.21. The van der Waals surface area contributed by atoms with Crippen LogP contribution in [-0.4, -0.2) is 23.1 Å². The zero-order valence-corrected chi connectivity index (χ0v) is 12.4. The number of nitrogens with zero attached hydrogens (tertiary/aromatic N) is 2. The minimum absolute atomic E-state index is 0.556. The van der Waals surface area contributed by atoms with E-state index in [1.807, 2.05) is 38.1 Å². The quantitative estimate of drug-likeness (QED) is 0.411. The van der Waals surface area contributed by atoms with Crippen molar-refractivity contribution in [2.24, 2.45) is 5.84 Å². The third-order valence-electron chi connectivity index (χ3n) is 2.90. The number of hydrogen-bond donors (Lipinski definition) is 3. The summed E-state index contributed by atoms with van der Waals surface area (Å²) in [5.74, 6) is 8.35. The van der Waals surface area contributed by atoms with E-state index in [1.54, 1.807) is 6.07 Å². The van der Waals surface area contributed by atoms with E-state index in [1.165, 1.54) is 5.56 Å². The normalized spacial score (nSPS) is 10.2. The van der Waals surface area contributed by atoms with Crippen molar-refractivity contribution in [2.45, 2.75) is 20.3 Å². The Balaban J connectivity index is 1.85. The Hall–Kier alpha value is -2.34. The van der Waals surface area contributed by atoms with Crippen LogP contribution in [0, 0.1) is 6.92 Å². The molecule has 0 aliphatic carbocycles. The number of nitrogen functional groups attached to an aromatic ring is 1. The molecule has 4 N–H and O–H groups in total. The van der Waals surface area contributed by atoms with E-state index in [9.17, 15) is 0 Å². The molecule has 0 saturated heterocycles. The van der Waals surface area contributed by atoms with Crippen molar-refractivity contribution in [3.8, 4) is 5.75 Å². The first-order chi connectivity index (χ1) is 10.2. The van der Waals surface area contributed by atoms with Crippen LogP contribution in [0.2, 0.25) is 0 Å². The Morgan fingerprint density at radius 2 is 2.00 bits per heavy atom. The highest BCUT2D eigenvalue weighted by Gasteiger charge is 2.02. The molecule has 21 heavy (non-hydrogen) atoms. The number of aryl methyl sites for hydroxylation is 2. The van der Waals surface area contributed by atoms with Gasteiger partial charge in [0.05, 0.1) is 6.54 Å². The van der Waals surface area contributed by atoms with Crippen molar-refractivity contribution >= 4 is 11.6 Å². The van der Waals surface area contributed by atoms with Crippen molar-refractivity contribution in [2.75, 3.05) is 23.9 Å². The molecule has 0 aliphatic rings. The fraction of sp³-hybridized carbons (Fsp3) is 0.333. The number of hydrazine groups is 1. The number of aromatic nitrogens is 2. The summed E-state index contributed by atoms with van der Waals surface area (Å²) >= 11 is 0. The van der Waals surface area contributed by atoms with Crippen molar-refractivity contribution in [3.05, 3.63) is 41.7 Å². The summed E-state index contributed by atoms with van der Waals surface area (Å²) in [6, 6.07) is 9.75. The van der Waals surface area contributed by atoms with Crippen LogP contribution in [0.1, 0.15) is 18.3 Å². The second-order valence-corrected chi connectivity index (χ2v) is 4.64. The summed E-state index contributed by atoms with van der Waals surface area (Å²) in [4.78, 5) is 8.62. The predicted octanol–water partition coefficient (Wildman–Crippen LogP) is 2.12. The summed E-state index contributed by atoms with van der Waals surface area (Å²) < 4.78 is 5.68. The van der Waals surface area contributed by atoms with E-state index < -0.39 is 0 Å². The highest BCUT2D eigenvalue weighted by atomic mass is 16.5. The number of nitrogens with one attached hydrogen (secondary N) is 2. The van der Waals surface area contributed by atoms with Crippen molar-refractivity contribution in [1.29, 1.82) is 0 Å². The van der Waals surface area contributed by atoms with E-state index in [4.69, 9.17) is 10.6 Å². The largest absolute Gasteiger partial charge is 0.492 e. The van der Waals surface area contributed by atoms with Gasteiger partial charge in [0.1, 0.15) is 29.8 Å². The molecule has 0 atom stereocenters. The number of ether oxygens (including phenoxy) is 1. The van der Waals surface area contributed by atoms with Gasteiger partial charge in [0.25, 0.3) is 0 Å². The second kappa shape index (κ2) is 7.44. The minimum atomic E-state index is 0.556. The van der Waals surface area contributed by atoms with E-state index in [2.05, 4.69) is 20.7 Å². The molecule has 2 aromatic rings. The molecule has 112 valence electrons. The smallest absolute Gasteiger partial charge is 0.145 e. The molecule has 0 amide bonds. The standard InChI is InChI=1S/C15H21N5O/c1-3-13-18-14(10-15(19-13)20-16)17-7-8-21-12-6-4-5-11(2)9-12/h4-6,9-10H,3,7-8,16H2,1-2H3,(H2,17,18,19,20). The fourth-order valence-electron chi connectivity index (χ4n) is 1.87. The summed E-state index contributed by atoms with van der Waals surface area (Å²) in [6.07, 6.45) is 0.754. The minimum Gasteiger partial charge on any atom is -0.492 e. The molecular weight excluding hydrogens is 266 g/mol. The first-order valence-corrected chi connectivity index (χ1v) is 6.99. The maximum atomic E-state index is 5.68. The van der Waals surface area contributed by atoms with Gasteiger partial charge in [0.2, 0.25) is 0 Å². The molecular formula is C15H21N5O. The van der Waals surface area contributed by atoms with Crippen molar-refractivity contribution in [3.63, 3.8) is 0 Å². The van der Waals surface area contributed by atoms with Crippen molar-refractivity contribution in [1.82, 2.24) is 9.97 Å². The predicted molar refractivity (Wildman–Crippen MR) is 84.4 cm³/mol. The van der Waals surface area contributed by atoms with Crippen molar-refractivity contribution < 1.29 is 4.74 Å². The SMILES string of the molecule is CCc1nc(NN)cc(NCCOc2cccc(C)c2)n1. The molecule has 0 spiro atoms. The average Bonchev–Trinajstić information content (AvgIpc) is 2.51. The summed E-state index contributed by atoms with van der Waals surface area (Å²) in [7, 11) is 0. The Labute approximate surface area is 124 Å². The maximum absolute atomic E-state index is 5.68. The zero-order chi connectivity index (χ0) is 15.1. The Kier molecular flexibility index (Phi) is 5.34. The average molecular weight is 287 g/mol. The number of rotatable bonds is 7. The highest BCUT2D eigenvalue weighted by Crippen LogP contribution is 2.13. The van der Waals surface area contributed by atoms with Gasteiger partial charge in [-0.05, 0) is 24.6 Å². The summed E-state index contributed by atoms with van der Waals surface area (Å²) in [6.45, 7) is 5.25. The van der Waals surface area contributed by atoms with Crippen LogP contribution in [0.4, 0.5) is 11.6 Å². The van der Waals surface area contributed by atoms with Gasteiger partial charge in [-0.3, -0.25) is 0 Å². The second-order valence-electron chi connectivity index (χ2n) is 4.64. The molecule has 0 aliphatic heterocycles. The Bertz CT molecular complexity index is 566. The van der Waals surface area contributed by atoms with E-state index in [0.717, 1.165) is 23.8 Å². The number of hydrogen-bond acceptors (Lipinski definition) is 6. The highest BCUT2D eigenvalue weighted by molar-refractivity contribution is 5.46. The van der Waals surface area contributed by atoms with Crippen LogP contribution in [0.5, 0.6) is 5.75 Å². The lowest BCUT2D eigenvalue weighted by atomic mass is 10.2. The lowest BCUT2D eigenvalue weighted by molar-refractivity contribution is 0.332. The van der Waals surface area contributed by atoms with E-state index in [-0.39, 0.29) is 0 Å². The van der Waals surface area contributed by atoms with Gasteiger partial charge in [-0.15, -0.1) is 0 Å². The van der Waals surface area contributed by atoms with Crippen LogP contribution < -0.4 is 21.3 Å². The van der Waals surface area contributed by atoms with Crippen LogP contribution >= 0.6 is 0 Å². The zero-order valence-electron chi connectivity index (χ0n) is 12.4. The monoisotopic (exact) mass is 287 g/mol. The Morgan fingerprint density at radius 1 is 1.19 bits per heavy atom. The fourth-order valence-corrected chi connectivity index (χ4v) is 1.87. The molecule has 0 saturated carbocycles. The summed E-state index contributed by atoms with van der Waals surface area (Å²) in [5.41, 5.74) is 3.73. The number of anilines is 2. The topological polar surface area (TPSA) is 85.1 Å². The maximum Gasteiger partial charge on any atom is 0.145 e. The lowest BCUT2D eigenvalue weighted by Crippen LogP contribution is -2.15. The molecule has 6 nitrogen and oxygen atoms in total.